The number of halogens is 2. The van der Waals surface area contributed by atoms with Crippen LogP contribution in [0.25, 0.3) is 0 Å². The molecular formula is C13H17ClILiO2Zn. The first-order valence-corrected chi connectivity index (χ1v) is 14.7. The third-order valence-corrected chi connectivity index (χ3v) is 2.14. The van der Waals surface area contributed by atoms with Crippen molar-refractivity contribution in [1.29, 1.82) is 0 Å². The quantitative estimate of drug-likeness (QED) is 0.171. The number of benzene rings is 1. The second kappa shape index (κ2) is 18.9. The molecule has 1 rings (SSSR count). The molecule has 0 heterocycles. The summed E-state index contributed by atoms with van der Waals surface area (Å²) in [4.78, 5) is 11.4. The fourth-order valence-electron chi connectivity index (χ4n) is 1.28. The van der Waals surface area contributed by atoms with Gasteiger partial charge in [-0.05, 0) is 18.6 Å². The van der Waals surface area contributed by atoms with Crippen molar-refractivity contribution in [3.05, 3.63) is 42.8 Å². The molecule has 0 atom stereocenters. The zero-order valence-electron chi connectivity index (χ0n) is 11.4. The number of unbranched alkanes of at least 4 members (excludes halogenated alkanes) is 3. The van der Waals surface area contributed by atoms with E-state index in [1.165, 1.54) is 14.8 Å². The van der Waals surface area contributed by atoms with E-state index in [0.29, 0.717) is 12.2 Å². The molecule has 0 N–H and O–H groups in total. The predicted octanol–water partition coefficient (Wildman–Crippen LogP) is -1.87. The Morgan fingerprint density at radius 2 is 1.74 bits per heavy atom. The van der Waals surface area contributed by atoms with Crippen LogP contribution in [-0.2, 0) is 19.5 Å². The fourth-order valence-corrected chi connectivity index (χ4v) is 1.28. The van der Waals surface area contributed by atoms with Crippen LogP contribution in [0.5, 0.6) is 0 Å². The van der Waals surface area contributed by atoms with Crippen LogP contribution >= 0.6 is 19.8 Å². The van der Waals surface area contributed by atoms with Gasteiger partial charge in [-0.1, -0.05) is 31.0 Å². The van der Waals surface area contributed by atoms with Crippen LogP contribution in [-0.4, -0.2) is 12.6 Å². The van der Waals surface area contributed by atoms with Gasteiger partial charge < -0.3 is 24.1 Å². The van der Waals surface area contributed by atoms with Gasteiger partial charge in [-0.15, -0.1) is 0 Å². The predicted molar refractivity (Wildman–Crippen MR) is 74.6 cm³/mol. The molecule has 1 aromatic carbocycles. The molecule has 0 saturated carbocycles. The molecule has 0 saturated heterocycles. The number of ether oxygens (including phenoxy) is 1. The molecule has 0 aliphatic heterocycles. The minimum atomic E-state index is -0.231. The van der Waals surface area contributed by atoms with Crippen LogP contribution in [0.1, 0.15) is 36.0 Å². The topological polar surface area (TPSA) is 26.3 Å². The van der Waals surface area contributed by atoms with Gasteiger partial charge in [0.15, 0.2) is 0 Å². The van der Waals surface area contributed by atoms with Gasteiger partial charge in [-0.3, -0.25) is 0 Å². The Kier molecular flexibility index (Phi) is 24.8. The normalized spacial score (nSPS) is 8.21. The maximum atomic E-state index is 11.4. The third kappa shape index (κ3) is 13.7. The summed E-state index contributed by atoms with van der Waals surface area (Å²) in [5, 5.41) is 0. The zero-order chi connectivity index (χ0) is 12.9. The summed E-state index contributed by atoms with van der Waals surface area (Å²) in [6.45, 7) is 4.27. The molecule has 1 aromatic rings. The van der Waals surface area contributed by atoms with E-state index < -0.39 is 0 Å². The van der Waals surface area contributed by atoms with Gasteiger partial charge in [-0.25, -0.2) is 4.79 Å². The van der Waals surface area contributed by atoms with E-state index in [-0.39, 0.29) is 37.2 Å². The van der Waals surface area contributed by atoms with Crippen LogP contribution in [0.2, 0.25) is 0 Å². The second-order valence-electron chi connectivity index (χ2n) is 3.42. The van der Waals surface area contributed by atoms with E-state index >= 15 is 0 Å². The number of hydrogen-bond acceptors (Lipinski definition) is 2. The van der Waals surface area contributed by atoms with E-state index in [0.717, 1.165) is 25.7 Å². The first-order valence-electron chi connectivity index (χ1n) is 5.62. The van der Waals surface area contributed by atoms with Crippen molar-refractivity contribution in [1.82, 2.24) is 0 Å². The van der Waals surface area contributed by atoms with Crippen molar-refractivity contribution < 1.29 is 55.6 Å². The molecule has 0 bridgehead atoms. The number of carbonyl (C=O) groups is 1. The minimum absolute atomic E-state index is 0. The second-order valence-corrected chi connectivity index (χ2v) is 3.42. The third-order valence-electron chi connectivity index (χ3n) is 2.14. The summed E-state index contributed by atoms with van der Waals surface area (Å²) in [7, 11) is 0. The Balaban J connectivity index is -0.000000609. The fraction of sp³-hybridized carbons (Fsp3) is 0.385. The zero-order valence-corrected chi connectivity index (χ0v) is 17.3. The van der Waals surface area contributed by atoms with Crippen molar-refractivity contribution in [2.45, 2.75) is 25.7 Å². The van der Waals surface area contributed by atoms with Crippen molar-refractivity contribution in [3.8, 4) is 0 Å². The van der Waals surface area contributed by atoms with Crippen LogP contribution in [0, 0.1) is 6.92 Å². The van der Waals surface area contributed by atoms with E-state index in [1.807, 2.05) is 18.2 Å². The summed E-state index contributed by atoms with van der Waals surface area (Å²) in [5.41, 5.74) is 0.620. The van der Waals surface area contributed by atoms with Gasteiger partial charge in [0.25, 0.3) is 0 Å². The van der Waals surface area contributed by atoms with E-state index in [2.05, 4.69) is 26.7 Å². The molecule has 98 valence electrons. The van der Waals surface area contributed by atoms with Crippen molar-refractivity contribution in [3.63, 3.8) is 0 Å². The Morgan fingerprint density at radius 1 is 1.16 bits per heavy atom. The first-order chi connectivity index (χ1) is 8.34. The molecular weight excluding hydrogens is 423 g/mol. The SMILES string of the molecule is [CH2-]CCCCCOC(=O)c1ccccc1.[Cl-].[Li+].[Zn+][I]. The van der Waals surface area contributed by atoms with Crippen LogP contribution in [0.4, 0.5) is 0 Å². The molecule has 6 heteroatoms. The molecule has 0 unspecified atom stereocenters. The monoisotopic (exact) mass is 438 g/mol. The maximum absolute atomic E-state index is 11.4. The Hall–Kier alpha value is 0.931. The molecule has 2 nitrogen and oxygen atoms in total. The average Bonchev–Trinajstić information content (AvgIpc) is 2.41. The van der Waals surface area contributed by atoms with Gasteiger partial charge >= 0.3 is 59.4 Å². The van der Waals surface area contributed by atoms with Gasteiger partial charge in [0, 0.05) is 0 Å². The Morgan fingerprint density at radius 3 is 2.26 bits per heavy atom. The van der Waals surface area contributed by atoms with E-state index in [9.17, 15) is 4.79 Å². The number of rotatable bonds is 6. The molecule has 0 spiro atoms. The molecule has 0 aliphatic carbocycles. The van der Waals surface area contributed by atoms with Crippen LogP contribution in [0.15, 0.2) is 30.3 Å². The van der Waals surface area contributed by atoms with Gasteiger partial charge in [-0.2, -0.15) is 6.42 Å². The Bertz CT molecular complexity index is 302. The van der Waals surface area contributed by atoms with Gasteiger partial charge in [0.2, 0.25) is 0 Å². The van der Waals surface area contributed by atoms with Crippen LogP contribution in [0.3, 0.4) is 0 Å². The molecule has 19 heavy (non-hydrogen) atoms. The van der Waals surface area contributed by atoms with Crippen molar-refractivity contribution in [2.75, 3.05) is 6.61 Å². The van der Waals surface area contributed by atoms with E-state index in [4.69, 9.17) is 4.74 Å². The van der Waals surface area contributed by atoms with Gasteiger partial charge in [0.1, 0.15) is 0 Å². The summed E-state index contributed by atoms with van der Waals surface area (Å²) in [5.74, 6) is -0.231. The summed E-state index contributed by atoms with van der Waals surface area (Å²) in [6, 6.07) is 9.07. The summed E-state index contributed by atoms with van der Waals surface area (Å²) in [6.07, 6.45) is 4.05. The van der Waals surface area contributed by atoms with Crippen molar-refractivity contribution >= 4 is 25.7 Å². The molecule has 0 radical (unpaired) electrons. The Labute approximate surface area is 155 Å². The van der Waals surface area contributed by atoms with Crippen LogP contribution < -0.4 is 31.3 Å². The standard InChI is InChI=1S/C13H17O2.ClH.HI.Li.Zn/c1-2-3-4-8-11-15-13(14)12-9-6-5-7-10-12;;;;/h5-7,9-10H,1-4,8,11H2;2*1H;;/q-1;;;+1;+2/p-2. The van der Waals surface area contributed by atoms with E-state index in [1.54, 1.807) is 12.1 Å². The number of hydrogen-bond donors (Lipinski definition) is 0. The summed E-state index contributed by atoms with van der Waals surface area (Å²) >= 11 is 3.62. The van der Waals surface area contributed by atoms with Crippen molar-refractivity contribution in [2.24, 2.45) is 0 Å². The average molecular weight is 440 g/mol. The molecule has 0 amide bonds. The molecule has 0 fully saturated rings. The van der Waals surface area contributed by atoms with Gasteiger partial charge in [0.05, 0.1) is 12.2 Å². The molecule has 0 aliphatic rings. The number of esters is 1. The number of carbonyl (C=O) groups excluding carboxylic acids is 1. The first kappa shape index (κ1) is 24.9. The molecule has 0 aromatic heterocycles. The summed E-state index contributed by atoms with van der Waals surface area (Å²) < 4.78 is 5.12.